The van der Waals surface area contributed by atoms with Gasteiger partial charge >= 0.3 is 0 Å². The number of aromatic amines is 1. The largest absolute Gasteiger partial charge is 0.359 e. The molecule has 0 saturated heterocycles. The van der Waals surface area contributed by atoms with E-state index in [9.17, 15) is 0 Å². The molecule has 116 valence electrons. The quantitative estimate of drug-likeness (QED) is 0.402. The average molecular weight is 320 g/mol. The highest BCUT2D eigenvalue weighted by Crippen LogP contribution is 2.38. The first-order valence-corrected chi connectivity index (χ1v) is 8.22. The normalized spacial score (nSPS) is 12.0. The zero-order valence-corrected chi connectivity index (χ0v) is 13.2. The molecular formula is C21H12N4. The van der Waals surface area contributed by atoms with Crippen molar-refractivity contribution in [1.29, 1.82) is 0 Å². The third-order valence-corrected chi connectivity index (χ3v) is 4.96. The molecule has 3 heterocycles. The number of benzene rings is 3. The van der Waals surface area contributed by atoms with E-state index >= 15 is 0 Å². The second-order valence-corrected chi connectivity index (χ2v) is 6.26. The molecule has 4 heteroatoms. The van der Waals surface area contributed by atoms with Crippen LogP contribution in [0.4, 0.5) is 0 Å². The Morgan fingerprint density at radius 2 is 1.48 bits per heavy atom. The molecule has 6 rings (SSSR count). The summed E-state index contributed by atoms with van der Waals surface area (Å²) in [7, 11) is 0. The molecule has 3 aromatic carbocycles. The summed E-state index contributed by atoms with van der Waals surface area (Å²) in [5, 5.41) is 6.90. The van der Waals surface area contributed by atoms with E-state index in [4.69, 9.17) is 4.98 Å². The molecule has 0 fully saturated rings. The Morgan fingerprint density at radius 1 is 0.640 bits per heavy atom. The lowest BCUT2D eigenvalue weighted by Crippen LogP contribution is -1.90. The standard InChI is InChI=1S/C21H12N4/c1-2-5-14-12(4-1)7-8-13-10-23-18-15-6-3-9-22-19(15)21-20(24-11-25-21)17(18)16(13)14/h1-11,22H. The zero-order valence-electron chi connectivity index (χ0n) is 13.2. The number of hydrogen-bond donors (Lipinski definition) is 1. The van der Waals surface area contributed by atoms with Crippen LogP contribution in [0.2, 0.25) is 0 Å². The number of H-pyrrole nitrogens is 1. The number of hydrogen-bond acceptors (Lipinski definition) is 3. The highest BCUT2D eigenvalue weighted by Gasteiger charge is 2.16. The molecule has 0 atom stereocenters. The third-order valence-electron chi connectivity index (χ3n) is 4.96. The first-order chi connectivity index (χ1) is 12.4. The summed E-state index contributed by atoms with van der Waals surface area (Å²) in [6.07, 6.45) is 5.51. The molecule has 1 N–H and O–H groups in total. The highest BCUT2D eigenvalue weighted by molar-refractivity contribution is 6.31. The van der Waals surface area contributed by atoms with Gasteiger partial charge in [-0.1, -0.05) is 36.4 Å². The molecule has 0 amide bonds. The topological polar surface area (TPSA) is 54.5 Å². The number of nitrogens with zero attached hydrogens (tertiary/aromatic N) is 3. The van der Waals surface area contributed by atoms with Gasteiger partial charge in [-0.25, -0.2) is 9.97 Å². The Morgan fingerprint density at radius 3 is 2.48 bits per heavy atom. The minimum absolute atomic E-state index is 0.894. The fraction of sp³-hybridized carbons (Fsp3) is 0. The Kier molecular flexibility index (Phi) is 2.32. The zero-order chi connectivity index (χ0) is 16.4. The van der Waals surface area contributed by atoms with E-state index in [-0.39, 0.29) is 0 Å². The molecule has 4 nitrogen and oxygen atoms in total. The summed E-state index contributed by atoms with van der Waals surface area (Å²) in [6, 6.07) is 16.8. The second-order valence-electron chi connectivity index (χ2n) is 6.26. The van der Waals surface area contributed by atoms with Crippen LogP contribution in [0.15, 0.2) is 67.3 Å². The predicted octanol–water partition coefficient (Wildman–Crippen LogP) is 4.97. The van der Waals surface area contributed by atoms with Gasteiger partial charge in [0.2, 0.25) is 0 Å². The van der Waals surface area contributed by atoms with Gasteiger partial charge in [0.05, 0.1) is 11.0 Å². The maximum Gasteiger partial charge on any atom is 0.117 e. The Balaban J connectivity index is 2.06. The molecule has 0 aliphatic rings. The van der Waals surface area contributed by atoms with Crippen LogP contribution in [-0.4, -0.2) is 19.9 Å². The summed E-state index contributed by atoms with van der Waals surface area (Å²) in [6.45, 7) is 0. The van der Waals surface area contributed by atoms with Crippen molar-refractivity contribution in [3.63, 3.8) is 0 Å². The number of fused-ring (bicyclic) bond motifs is 10. The smallest absolute Gasteiger partial charge is 0.117 e. The number of imidazole rings is 1. The molecule has 0 aliphatic carbocycles. The summed E-state index contributed by atoms with van der Waals surface area (Å²) >= 11 is 0. The first kappa shape index (κ1) is 12.8. The van der Waals surface area contributed by atoms with E-state index in [1.165, 1.54) is 16.2 Å². The molecule has 0 spiro atoms. The van der Waals surface area contributed by atoms with Crippen molar-refractivity contribution in [2.75, 3.05) is 0 Å². The molecule has 6 aromatic rings. The van der Waals surface area contributed by atoms with E-state index in [2.05, 4.69) is 57.4 Å². The van der Waals surface area contributed by atoms with Crippen LogP contribution >= 0.6 is 0 Å². The first-order valence-electron chi connectivity index (χ1n) is 8.22. The van der Waals surface area contributed by atoms with E-state index in [0.29, 0.717) is 0 Å². The van der Waals surface area contributed by atoms with Crippen LogP contribution in [0, 0.1) is 0 Å². The van der Waals surface area contributed by atoms with Gasteiger partial charge in [0.25, 0.3) is 0 Å². The predicted molar refractivity (Wildman–Crippen MR) is 102 cm³/mol. The maximum atomic E-state index is 4.79. The van der Waals surface area contributed by atoms with Gasteiger partial charge in [0.15, 0.2) is 0 Å². The van der Waals surface area contributed by atoms with Crippen molar-refractivity contribution >= 4 is 54.4 Å². The van der Waals surface area contributed by atoms with Gasteiger partial charge in [-0.15, -0.1) is 0 Å². The van der Waals surface area contributed by atoms with Gasteiger partial charge < -0.3 is 4.98 Å². The fourth-order valence-corrected chi connectivity index (χ4v) is 3.89. The van der Waals surface area contributed by atoms with Gasteiger partial charge in [-0.05, 0) is 22.9 Å². The van der Waals surface area contributed by atoms with Crippen molar-refractivity contribution in [3.8, 4) is 0 Å². The van der Waals surface area contributed by atoms with E-state index in [1.54, 1.807) is 6.33 Å². The van der Waals surface area contributed by atoms with Crippen molar-refractivity contribution in [3.05, 3.63) is 67.3 Å². The number of pyridine rings is 2. The Bertz CT molecular complexity index is 1450. The van der Waals surface area contributed by atoms with Gasteiger partial charge in [-0.2, -0.15) is 0 Å². The summed E-state index contributed by atoms with van der Waals surface area (Å²) in [5.41, 5.74) is 3.74. The highest BCUT2D eigenvalue weighted by atomic mass is 14.9. The van der Waals surface area contributed by atoms with Crippen LogP contribution in [0.25, 0.3) is 54.4 Å². The maximum absolute atomic E-state index is 4.79. The molecule has 0 radical (unpaired) electrons. The minimum atomic E-state index is 0.894. The molecule has 25 heavy (non-hydrogen) atoms. The fourth-order valence-electron chi connectivity index (χ4n) is 3.89. The van der Waals surface area contributed by atoms with Crippen LogP contribution in [0.3, 0.4) is 0 Å². The number of nitrogens with one attached hydrogen (secondary N) is 1. The van der Waals surface area contributed by atoms with Gasteiger partial charge in [0, 0.05) is 33.9 Å². The van der Waals surface area contributed by atoms with Crippen LogP contribution in [0.1, 0.15) is 0 Å². The molecule has 3 aromatic heterocycles. The Hall–Kier alpha value is -3.53. The molecular weight excluding hydrogens is 308 g/mol. The summed E-state index contributed by atoms with van der Waals surface area (Å²) in [5.74, 6) is 0. The van der Waals surface area contributed by atoms with Crippen molar-refractivity contribution in [1.82, 2.24) is 19.9 Å². The van der Waals surface area contributed by atoms with Crippen LogP contribution < -0.4 is 0 Å². The molecule has 0 bridgehead atoms. The third kappa shape index (κ3) is 1.58. The van der Waals surface area contributed by atoms with Crippen molar-refractivity contribution in [2.45, 2.75) is 0 Å². The van der Waals surface area contributed by atoms with Gasteiger partial charge in [-0.3, -0.25) is 4.98 Å². The number of aromatic nitrogens is 4. The lowest BCUT2D eigenvalue weighted by atomic mass is 9.97. The van der Waals surface area contributed by atoms with E-state index in [0.717, 1.165) is 38.2 Å². The average Bonchev–Trinajstić information content (AvgIpc) is 3.17. The summed E-state index contributed by atoms with van der Waals surface area (Å²) in [4.78, 5) is 17.2. The lowest BCUT2D eigenvalue weighted by molar-refractivity contribution is 1.34. The monoisotopic (exact) mass is 320 g/mol. The van der Waals surface area contributed by atoms with Crippen LogP contribution in [0.5, 0.6) is 0 Å². The van der Waals surface area contributed by atoms with Crippen molar-refractivity contribution in [2.24, 2.45) is 0 Å². The van der Waals surface area contributed by atoms with E-state index < -0.39 is 0 Å². The van der Waals surface area contributed by atoms with Gasteiger partial charge in [0.1, 0.15) is 17.4 Å². The SMILES string of the molecule is c1ccc2c(c1)ccc1cnc3c4ccc[nH]c4c4ncnc4c3c12. The molecule has 0 aliphatic heterocycles. The minimum Gasteiger partial charge on any atom is -0.359 e. The molecule has 0 saturated carbocycles. The summed E-state index contributed by atoms with van der Waals surface area (Å²) < 4.78 is 0. The van der Waals surface area contributed by atoms with Crippen molar-refractivity contribution < 1.29 is 0 Å². The molecule has 0 unspecified atom stereocenters. The van der Waals surface area contributed by atoms with E-state index in [1.807, 2.05) is 18.5 Å². The number of rotatable bonds is 0. The lowest BCUT2D eigenvalue weighted by Gasteiger charge is -2.10. The van der Waals surface area contributed by atoms with Crippen LogP contribution in [-0.2, 0) is 0 Å². The second kappa shape index (κ2) is 4.51. The Labute approximate surface area is 142 Å².